The lowest BCUT2D eigenvalue weighted by atomic mass is 9.99. The van der Waals surface area contributed by atoms with E-state index in [2.05, 4.69) is 22.5 Å². The van der Waals surface area contributed by atoms with Crippen molar-refractivity contribution in [3.05, 3.63) is 64.6 Å². The van der Waals surface area contributed by atoms with E-state index in [9.17, 15) is 13.6 Å². The summed E-state index contributed by atoms with van der Waals surface area (Å²) < 4.78 is 33.3. The molecule has 0 bridgehead atoms. The summed E-state index contributed by atoms with van der Waals surface area (Å²) in [6, 6.07) is 4.70. The standard InChI is InChI=1S/C29H35F2N5O2/c1-5-33-29(16-38-4)8-9-36(15-29)27-23-10-17(2)34-25(19-6-7-19)26(23)32-14-24(27)28(37)35-18(3)20-11-21(30)13-22(31)12-20/h10-14,18-19,33H,5-9,15-16H2,1-4H3,(H,35,37)/t18-,29?/m0/s1. The quantitative estimate of drug-likeness (QED) is 0.420. The number of anilines is 1. The Bertz CT molecular complexity index is 1330. The summed E-state index contributed by atoms with van der Waals surface area (Å²) in [6.45, 7) is 8.52. The van der Waals surface area contributed by atoms with Gasteiger partial charge in [0.2, 0.25) is 0 Å². The third-order valence-corrected chi connectivity index (χ3v) is 7.56. The molecule has 1 saturated carbocycles. The molecular weight excluding hydrogens is 488 g/mol. The first-order valence-electron chi connectivity index (χ1n) is 13.3. The molecule has 38 heavy (non-hydrogen) atoms. The van der Waals surface area contributed by atoms with Crippen LogP contribution in [0.4, 0.5) is 14.5 Å². The summed E-state index contributed by atoms with van der Waals surface area (Å²) >= 11 is 0. The number of likely N-dealkylation sites (N-methyl/N-ethyl adjacent to an activating group) is 1. The average Bonchev–Trinajstić information content (AvgIpc) is 3.63. The molecule has 0 radical (unpaired) electrons. The molecule has 1 aliphatic carbocycles. The van der Waals surface area contributed by atoms with Crippen molar-refractivity contribution in [1.29, 1.82) is 0 Å². The second-order valence-electron chi connectivity index (χ2n) is 10.7. The van der Waals surface area contributed by atoms with Crippen molar-refractivity contribution in [1.82, 2.24) is 20.6 Å². The summed E-state index contributed by atoms with van der Waals surface area (Å²) in [7, 11) is 1.70. The Labute approximate surface area is 222 Å². The predicted molar refractivity (Wildman–Crippen MR) is 144 cm³/mol. The van der Waals surface area contributed by atoms with Crippen molar-refractivity contribution in [2.24, 2.45) is 0 Å². The number of aryl methyl sites for hydroxylation is 1. The van der Waals surface area contributed by atoms with Crippen molar-refractivity contribution in [2.45, 2.75) is 57.5 Å². The highest BCUT2D eigenvalue weighted by atomic mass is 19.1. The zero-order valence-electron chi connectivity index (χ0n) is 22.4. The number of aromatic nitrogens is 2. The summed E-state index contributed by atoms with van der Waals surface area (Å²) in [5.74, 6) is -1.31. The lowest BCUT2D eigenvalue weighted by Crippen LogP contribution is -2.51. The lowest BCUT2D eigenvalue weighted by Gasteiger charge is -2.31. The van der Waals surface area contributed by atoms with Gasteiger partial charge in [0.15, 0.2) is 0 Å². The Morgan fingerprint density at radius 1 is 1.24 bits per heavy atom. The van der Waals surface area contributed by atoms with Crippen LogP contribution in [0.2, 0.25) is 0 Å². The van der Waals surface area contributed by atoms with E-state index in [0.717, 1.165) is 66.4 Å². The fraction of sp³-hybridized carbons (Fsp3) is 0.483. The van der Waals surface area contributed by atoms with Crippen LogP contribution >= 0.6 is 0 Å². The largest absolute Gasteiger partial charge is 0.383 e. The average molecular weight is 524 g/mol. The molecule has 2 fully saturated rings. The van der Waals surface area contributed by atoms with Gasteiger partial charge in [-0.3, -0.25) is 14.8 Å². The van der Waals surface area contributed by atoms with Gasteiger partial charge in [0.25, 0.3) is 5.91 Å². The Morgan fingerprint density at radius 2 is 1.97 bits per heavy atom. The Hall–Kier alpha value is -3.17. The Morgan fingerprint density at radius 3 is 2.63 bits per heavy atom. The highest BCUT2D eigenvalue weighted by Crippen LogP contribution is 2.44. The van der Waals surface area contributed by atoms with Gasteiger partial charge >= 0.3 is 0 Å². The predicted octanol–water partition coefficient (Wildman–Crippen LogP) is 4.79. The molecule has 1 saturated heterocycles. The number of fused-ring (bicyclic) bond motifs is 1. The second-order valence-corrected chi connectivity index (χ2v) is 10.7. The summed E-state index contributed by atoms with van der Waals surface area (Å²) in [4.78, 5) is 25.5. The first-order chi connectivity index (χ1) is 18.2. The summed E-state index contributed by atoms with van der Waals surface area (Å²) in [5, 5.41) is 7.44. The number of hydrogen-bond donors (Lipinski definition) is 2. The minimum Gasteiger partial charge on any atom is -0.383 e. The number of hydrogen-bond acceptors (Lipinski definition) is 6. The summed E-state index contributed by atoms with van der Waals surface area (Å²) in [6.07, 6.45) is 4.66. The number of carbonyl (C=O) groups excluding carboxylic acids is 1. The van der Waals surface area contributed by atoms with E-state index < -0.39 is 17.7 Å². The fourth-order valence-corrected chi connectivity index (χ4v) is 5.70. The van der Waals surface area contributed by atoms with Crippen LogP contribution in [0, 0.1) is 18.6 Å². The van der Waals surface area contributed by atoms with E-state index >= 15 is 0 Å². The Balaban J connectivity index is 1.57. The zero-order chi connectivity index (χ0) is 27.0. The van der Waals surface area contributed by atoms with Crippen LogP contribution in [0.15, 0.2) is 30.5 Å². The van der Waals surface area contributed by atoms with Crippen LogP contribution in [0.1, 0.15) is 72.4 Å². The van der Waals surface area contributed by atoms with E-state index in [-0.39, 0.29) is 11.4 Å². The minimum atomic E-state index is -0.681. The van der Waals surface area contributed by atoms with Gasteiger partial charge in [-0.05, 0) is 63.4 Å². The topological polar surface area (TPSA) is 79.4 Å². The molecule has 2 atom stereocenters. The number of rotatable bonds is 9. The summed E-state index contributed by atoms with van der Waals surface area (Å²) in [5.41, 5.74) is 4.07. The molecule has 202 valence electrons. The molecule has 1 aliphatic heterocycles. The molecule has 3 aromatic rings. The number of pyridine rings is 2. The highest BCUT2D eigenvalue weighted by Gasteiger charge is 2.40. The van der Waals surface area contributed by atoms with Gasteiger partial charge in [-0.1, -0.05) is 6.92 Å². The number of methoxy groups -OCH3 is 1. The SMILES string of the molecule is CCNC1(COC)CCN(c2c(C(=O)N[C@@H](C)c3cc(F)cc(F)c3)cnc3c(C4CC4)nc(C)cc23)C1. The monoisotopic (exact) mass is 523 g/mol. The van der Waals surface area contributed by atoms with Gasteiger partial charge in [0.1, 0.15) is 11.6 Å². The third kappa shape index (κ3) is 5.22. The van der Waals surface area contributed by atoms with Gasteiger partial charge < -0.3 is 20.3 Å². The maximum Gasteiger partial charge on any atom is 0.255 e. The molecule has 2 aliphatic rings. The molecule has 1 aromatic carbocycles. The number of ether oxygens (including phenoxy) is 1. The van der Waals surface area contributed by atoms with Gasteiger partial charge in [0, 0.05) is 49.5 Å². The number of benzene rings is 1. The van der Waals surface area contributed by atoms with Crippen molar-refractivity contribution in [2.75, 3.05) is 38.3 Å². The van der Waals surface area contributed by atoms with Crippen LogP contribution in [-0.2, 0) is 4.74 Å². The smallest absolute Gasteiger partial charge is 0.255 e. The van der Waals surface area contributed by atoms with Crippen molar-refractivity contribution < 1.29 is 18.3 Å². The number of amides is 1. The zero-order valence-corrected chi connectivity index (χ0v) is 22.4. The lowest BCUT2D eigenvalue weighted by molar-refractivity contribution is 0.0940. The molecule has 5 rings (SSSR count). The van der Waals surface area contributed by atoms with E-state index in [1.807, 2.05) is 13.0 Å². The van der Waals surface area contributed by atoms with Crippen molar-refractivity contribution in [3.8, 4) is 0 Å². The van der Waals surface area contributed by atoms with Crippen molar-refractivity contribution in [3.63, 3.8) is 0 Å². The van der Waals surface area contributed by atoms with Gasteiger partial charge in [0.05, 0.1) is 40.6 Å². The molecule has 2 N–H and O–H groups in total. The molecular formula is C29H35F2N5O2. The molecule has 1 amide bonds. The first kappa shape index (κ1) is 26.4. The number of nitrogens with zero attached hydrogens (tertiary/aromatic N) is 3. The van der Waals surface area contributed by atoms with Crippen LogP contribution in [0.25, 0.3) is 10.9 Å². The second kappa shape index (κ2) is 10.5. The fourth-order valence-electron chi connectivity index (χ4n) is 5.70. The van der Waals surface area contributed by atoms with Crippen LogP contribution in [-0.4, -0.2) is 54.8 Å². The van der Waals surface area contributed by atoms with Gasteiger partial charge in [-0.2, -0.15) is 0 Å². The number of nitrogens with one attached hydrogen (secondary N) is 2. The van der Waals surface area contributed by atoms with Gasteiger partial charge in [-0.15, -0.1) is 0 Å². The molecule has 7 nitrogen and oxygen atoms in total. The van der Waals surface area contributed by atoms with E-state index in [4.69, 9.17) is 14.7 Å². The highest BCUT2D eigenvalue weighted by molar-refractivity contribution is 6.08. The maximum absolute atomic E-state index is 13.8. The van der Waals surface area contributed by atoms with Crippen LogP contribution in [0.5, 0.6) is 0 Å². The van der Waals surface area contributed by atoms with Gasteiger partial charge in [-0.25, -0.2) is 8.78 Å². The number of halogens is 2. The van der Waals surface area contributed by atoms with Crippen molar-refractivity contribution >= 4 is 22.5 Å². The van der Waals surface area contributed by atoms with Crippen LogP contribution < -0.4 is 15.5 Å². The van der Waals surface area contributed by atoms with E-state index in [0.29, 0.717) is 30.2 Å². The molecule has 3 heterocycles. The molecule has 2 aromatic heterocycles. The minimum absolute atomic E-state index is 0.235. The first-order valence-corrected chi connectivity index (χ1v) is 13.3. The molecule has 0 spiro atoms. The number of carbonyl (C=O) groups is 1. The molecule has 9 heteroatoms. The van der Waals surface area contributed by atoms with E-state index in [1.165, 1.54) is 12.1 Å². The molecule has 1 unspecified atom stereocenters. The van der Waals surface area contributed by atoms with E-state index in [1.54, 1.807) is 20.2 Å². The van der Waals surface area contributed by atoms with Crippen LogP contribution in [0.3, 0.4) is 0 Å². The normalized spacial score (nSPS) is 20.2. The third-order valence-electron chi connectivity index (χ3n) is 7.56. The Kier molecular flexibility index (Phi) is 7.33. The maximum atomic E-state index is 13.8.